The van der Waals surface area contributed by atoms with Gasteiger partial charge in [-0.2, -0.15) is 5.10 Å². The molecule has 0 spiro atoms. The molecule has 1 N–H and O–H groups in total. The van der Waals surface area contributed by atoms with Crippen molar-refractivity contribution < 1.29 is 4.79 Å². The highest BCUT2D eigenvalue weighted by molar-refractivity contribution is 6.41. The molecule has 20 heavy (non-hydrogen) atoms. The number of anilines is 1. The number of hydrogen-bond acceptors (Lipinski definition) is 3. The van der Waals surface area contributed by atoms with Crippen LogP contribution in [0.15, 0.2) is 24.7 Å². The van der Waals surface area contributed by atoms with E-state index in [4.69, 9.17) is 23.2 Å². The minimum absolute atomic E-state index is 0.145. The monoisotopic (exact) mass is 312 g/mol. The third-order valence-electron chi connectivity index (χ3n) is 2.59. The fraction of sp³-hybridized carbons (Fsp3) is 0.308. The van der Waals surface area contributed by atoms with Crippen molar-refractivity contribution in [3.63, 3.8) is 0 Å². The Labute approximate surface area is 126 Å². The Bertz CT molecular complexity index is 646. The minimum atomic E-state index is -0.315. The Morgan fingerprint density at radius 1 is 1.30 bits per heavy atom. The zero-order chi connectivity index (χ0) is 14.9. The van der Waals surface area contributed by atoms with Crippen molar-refractivity contribution >= 4 is 34.8 Å². The molecule has 0 atom stereocenters. The van der Waals surface area contributed by atoms with Crippen LogP contribution in [0.2, 0.25) is 10.2 Å². The summed E-state index contributed by atoms with van der Waals surface area (Å²) in [4.78, 5) is 15.9. The second kappa shape index (κ2) is 5.42. The van der Waals surface area contributed by atoms with Crippen molar-refractivity contribution in [2.45, 2.75) is 26.3 Å². The predicted octanol–water partition coefficient (Wildman–Crippen LogP) is 3.59. The molecule has 0 aliphatic rings. The molecule has 0 aliphatic heterocycles. The lowest BCUT2D eigenvalue weighted by Crippen LogP contribution is -2.22. The van der Waals surface area contributed by atoms with Gasteiger partial charge in [0.1, 0.15) is 5.15 Å². The van der Waals surface area contributed by atoms with Crippen LogP contribution in [0.5, 0.6) is 0 Å². The van der Waals surface area contributed by atoms with E-state index in [9.17, 15) is 4.79 Å². The third-order valence-corrected chi connectivity index (χ3v) is 3.27. The number of pyridine rings is 1. The van der Waals surface area contributed by atoms with Crippen LogP contribution in [0.1, 0.15) is 31.1 Å². The van der Waals surface area contributed by atoms with Crippen LogP contribution in [0, 0.1) is 0 Å². The van der Waals surface area contributed by atoms with E-state index in [2.05, 4.69) is 15.4 Å². The lowest BCUT2D eigenvalue weighted by atomic mass is 10.1. The molecule has 2 aromatic heterocycles. The number of rotatable bonds is 2. The number of carbonyl (C=O) groups is 1. The Morgan fingerprint density at radius 3 is 2.55 bits per heavy atom. The second-order valence-electron chi connectivity index (χ2n) is 5.30. The van der Waals surface area contributed by atoms with Gasteiger partial charge in [0.25, 0.3) is 5.91 Å². The summed E-state index contributed by atoms with van der Waals surface area (Å²) in [7, 11) is 0. The molecule has 5 nitrogen and oxygen atoms in total. The first-order valence-electron chi connectivity index (χ1n) is 5.95. The van der Waals surface area contributed by atoms with Gasteiger partial charge in [-0.15, -0.1) is 0 Å². The average Bonchev–Trinajstić information content (AvgIpc) is 2.81. The van der Waals surface area contributed by atoms with E-state index in [0.717, 1.165) is 0 Å². The smallest absolute Gasteiger partial charge is 0.257 e. The lowest BCUT2D eigenvalue weighted by molar-refractivity contribution is 0.102. The number of aromatic nitrogens is 3. The normalized spacial score (nSPS) is 11.4. The summed E-state index contributed by atoms with van der Waals surface area (Å²) in [5.74, 6) is -0.315. The van der Waals surface area contributed by atoms with E-state index in [1.807, 2.05) is 20.8 Å². The number of amides is 1. The molecular formula is C13H14Cl2N4O. The fourth-order valence-corrected chi connectivity index (χ4v) is 1.77. The van der Waals surface area contributed by atoms with Gasteiger partial charge in [0.2, 0.25) is 0 Å². The Balaban J connectivity index is 2.15. The highest BCUT2D eigenvalue weighted by Crippen LogP contribution is 2.21. The van der Waals surface area contributed by atoms with Crippen LogP contribution < -0.4 is 5.32 Å². The molecule has 0 radical (unpaired) electrons. The molecule has 0 aromatic carbocycles. The zero-order valence-electron chi connectivity index (χ0n) is 11.3. The van der Waals surface area contributed by atoms with Crippen molar-refractivity contribution in [1.29, 1.82) is 0 Å². The van der Waals surface area contributed by atoms with Crippen molar-refractivity contribution in [1.82, 2.24) is 14.8 Å². The van der Waals surface area contributed by atoms with Crippen LogP contribution in [-0.4, -0.2) is 20.7 Å². The Morgan fingerprint density at radius 2 is 2.00 bits per heavy atom. The maximum atomic E-state index is 12.0. The molecule has 106 valence electrons. The predicted molar refractivity (Wildman–Crippen MR) is 79.4 cm³/mol. The number of nitrogens with one attached hydrogen (secondary N) is 1. The summed E-state index contributed by atoms with van der Waals surface area (Å²) in [6.07, 6.45) is 4.73. The van der Waals surface area contributed by atoms with Crippen LogP contribution in [0.25, 0.3) is 0 Å². The zero-order valence-corrected chi connectivity index (χ0v) is 12.8. The van der Waals surface area contributed by atoms with Crippen molar-refractivity contribution in [3.05, 3.63) is 40.4 Å². The van der Waals surface area contributed by atoms with Crippen LogP contribution in [-0.2, 0) is 5.54 Å². The lowest BCUT2D eigenvalue weighted by Gasteiger charge is -2.18. The average molecular weight is 313 g/mol. The summed E-state index contributed by atoms with van der Waals surface area (Å²) < 4.78 is 1.77. The van der Waals surface area contributed by atoms with Crippen LogP contribution in [0.3, 0.4) is 0 Å². The second-order valence-corrected chi connectivity index (χ2v) is 6.06. The third kappa shape index (κ3) is 3.29. The van der Waals surface area contributed by atoms with Gasteiger partial charge in [0, 0.05) is 12.4 Å². The molecule has 0 fully saturated rings. The molecule has 0 saturated heterocycles. The molecule has 7 heteroatoms. The molecule has 0 bridgehead atoms. The van der Waals surface area contributed by atoms with E-state index in [1.54, 1.807) is 17.1 Å². The van der Waals surface area contributed by atoms with Gasteiger partial charge in [-0.1, -0.05) is 23.2 Å². The van der Waals surface area contributed by atoms with E-state index >= 15 is 0 Å². The largest absolute Gasteiger partial charge is 0.319 e. The van der Waals surface area contributed by atoms with Crippen molar-refractivity contribution in [2.24, 2.45) is 0 Å². The van der Waals surface area contributed by atoms with Gasteiger partial charge in [-0.3, -0.25) is 9.48 Å². The minimum Gasteiger partial charge on any atom is -0.319 e. The maximum absolute atomic E-state index is 12.0. The molecule has 0 unspecified atom stereocenters. The summed E-state index contributed by atoms with van der Waals surface area (Å²) in [5.41, 5.74) is 0.799. The summed E-state index contributed by atoms with van der Waals surface area (Å²) in [6, 6.07) is 1.47. The molecular weight excluding hydrogens is 299 g/mol. The Hall–Kier alpha value is -1.59. The molecule has 2 rings (SSSR count). The first-order valence-corrected chi connectivity index (χ1v) is 6.70. The van der Waals surface area contributed by atoms with Crippen molar-refractivity contribution in [2.75, 3.05) is 5.32 Å². The first kappa shape index (κ1) is 14.8. The molecule has 0 aliphatic carbocycles. The van der Waals surface area contributed by atoms with Gasteiger partial charge < -0.3 is 5.32 Å². The fourth-order valence-electron chi connectivity index (χ4n) is 1.50. The molecule has 2 heterocycles. The van der Waals surface area contributed by atoms with Gasteiger partial charge in [0.15, 0.2) is 0 Å². The SMILES string of the molecule is CC(C)(C)n1cc(NC(=O)c2cnc(Cl)c(Cl)c2)cn1. The summed E-state index contributed by atoms with van der Waals surface area (Å²) >= 11 is 11.5. The van der Waals surface area contributed by atoms with Crippen LogP contribution in [0.4, 0.5) is 5.69 Å². The van der Waals surface area contributed by atoms with Gasteiger partial charge >= 0.3 is 0 Å². The topological polar surface area (TPSA) is 59.8 Å². The van der Waals surface area contributed by atoms with E-state index < -0.39 is 0 Å². The standard InChI is InChI=1S/C13H14Cl2N4O/c1-13(2,3)19-7-9(6-17-19)18-12(20)8-4-10(14)11(15)16-5-8/h4-7H,1-3H3,(H,18,20). The number of hydrogen-bond donors (Lipinski definition) is 1. The first-order chi connectivity index (χ1) is 9.27. The van der Waals surface area contributed by atoms with E-state index in [1.165, 1.54) is 12.3 Å². The molecule has 2 aromatic rings. The van der Waals surface area contributed by atoms with Gasteiger partial charge in [0.05, 0.1) is 28.0 Å². The van der Waals surface area contributed by atoms with Gasteiger partial charge in [-0.25, -0.2) is 4.98 Å². The van der Waals surface area contributed by atoms with Gasteiger partial charge in [-0.05, 0) is 26.8 Å². The molecule has 0 saturated carbocycles. The summed E-state index contributed by atoms with van der Waals surface area (Å²) in [5, 5.41) is 7.35. The quantitative estimate of drug-likeness (QED) is 0.862. The number of halogens is 2. The Kier molecular flexibility index (Phi) is 4.01. The highest BCUT2D eigenvalue weighted by atomic mass is 35.5. The van der Waals surface area contributed by atoms with E-state index in [0.29, 0.717) is 11.3 Å². The number of carbonyl (C=O) groups excluding carboxylic acids is 1. The molecule has 1 amide bonds. The number of nitrogens with zero attached hydrogens (tertiary/aromatic N) is 3. The maximum Gasteiger partial charge on any atom is 0.257 e. The van der Waals surface area contributed by atoms with E-state index in [-0.39, 0.29) is 21.6 Å². The van der Waals surface area contributed by atoms with Crippen LogP contribution >= 0.6 is 23.2 Å². The van der Waals surface area contributed by atoms with Crippen molar-refractivity contribution in [3.8, 4) is 0 Å². The highest BCUT2D eigenvalue weighted by Gasteiger charge is 2.15. The summed E-state index contributed by atoms with van der Waals surface area (Å²) in [6.45, 7) is 6.07.